The summed E-state index contributed by atoms with van der Waals surface area (Å²) in [5, 5.41) is 0. The van der Waals surface area contributed by atoms with Crippen molar-refractivity contribution in [1.82, 2.24) is 4.90 Å². The van der Waals surface area contributed by atoms with Crippen LogP contribution in [0.4, 0.5) is 0 Å². The Morgan fingerprint density at radius 3 is 2.52 bits per heavy atom. The summed E-state index contributed by atoms with van der Waals surface area (Å²) in [5.41, 5.74) is 3.53. The molecule has 2 amide bonds. The Hall–Kier alpha value is -2.27. The molecule has 0 fully saturated rings. The van der Waals surface area contributed by atoms with E-state index in [4.69, 9.17) is 4.42 Å². The van der Waals surface area contributed by atoms with E-state index in [0.29, 0.717) is 16.2 Å². The van der Waals surface area contributed by atoms with Crippen LogP contribution in [0, 0.1) is 13.8 Å². The number of likely N-dealkylation sites (N-methyl/N-ethyl adjacent to an activating group) is 1. The number of aryl methyl sites for hydroxylation is 2. The molecule has 2 aromatic rings. The zero-order valence-electron chi connectivity index (χ0n) is 13.3. The first-order valence-electron chi connectivity index (χ1n) is 7.28. The second-order valence-electron chi connectivity index (χ2n) is 5.54. The first-order chi connectivity index (χ1) is 11.0. The molecule has 1 aromatic heterocycles. The lowest BCUT2D eigenvalue weighted by Crippen LogP contribution is -2.26. The maximum Gasteiger partial charge on any atom is 0.267 e. The highest BCUT2D eigenvalue weighted by Gasteiger charge is 2.36. The second-order valence-corrected chi connectivity index (χ2v) is 6.53. The molecule has 0 saturated heterocycles. The van der Waals surface area contributed by atoms with Gasteiger partial charge in [-0.2, -0.15) is 0 Å². The minimum absolute atomic E-state index is 0.250. The number of carbonyl (C=O) groups is 2. The number of hydrogen-bond acceptors (Lipinski definition) is 4. The third kappa shape index (κ3) is 2.84. The maximum atomic E-state index is 12.5. The molecule has 1 aliphatic rings. The lowest BCUT2D eigenvalue weighted by molar-refractivity contribution is -0.134. The molecule has 1 aliphatic heterocycles. The minimum Gasteiger partial charge on any atom is -0.468 e. The fourth-order valence-electron chi connectivity index (χ4n) is 2.44. The van der Waals surface area contributed by atoms with Crippen molar-refractivity contribution in [2.75, 3.05) is 7.05 Å². The first kappa shape index (κ1) is 15.6. The van der Waals surface area contributed by atoms with Crippen molar-refractivity contribution in [2.24, 2.45) is 0 Å². The third-order valence-electron chi connectivity index (χ3n) is 3.98. The van der Waals surface area contributed by atoms with Crippen molar-refractivity contribution in [3.05, 3.63) is 64.0 Å². The standard InChI is InChI=1S/C18H17NO3S/c1-11-6-7-13(9-12(11)2)15-16(18(21)19(3)17(15)20)23-10-14-5-4-8-22-14/h4-9H,10H2,1-3H3. The van der Waals surface area contributed by atoms with Crippen molar-refractivity contribution in [3.63, 3.8) is 0 Å². The number of nitrogens with zero attached hydrogens (tertiary/aromatic N) is 1. The van der Waals surface area contributed by atoms with Crippen molar-refractivity contribution in [2.45, 2.75) is 19.6 Å². The Morgan fingerprint density at radius 1 is 1.09 bits per heavy atom. The highest BCUT2D eigenvalue weighted by atomic mass is 32.2. The fraction of sp³-hybridized carbons (Fsp3) is 0.222. The van der Waals surface area contributed by atoms with Crippen molar-refractivity contribution in [1.29, 1.82) is 0 Å². The smallest absolute Gasteiger partial charge is 0.267 e. The second kappa shape index (κ2) is 6.08. The number of benzene rings is 1. The number of rotatable bonds is 4. The number of hydrogen-bond donors (Lipinski definition) is 0. The van der Waals surface area contributed by atoms with E-state index >= 15 is 0 Å². The minimum atomic E-state index is -0.250. The van der Waals surface area contributed by atoms with Gasteiger partial charge in [-0.25, -0.2) is 0 Å². The Balaban J connectivity index is 2.00. The van der Waals surface area contributed by atoms with Crippen LogP contribution in [0.1, 0.15) is 22.5 Å². The summed E-state index contributed by atoms with van der Waals surface area (Å²) in [6, 6.07) is 9.50. The monoisotopic (exact) mass is 327 g/mol. The van der Waals surface area contributed by atoms with Gasteiger partial charge < -0.3 is 4.42 Å². The van der Waals surface area contributed by atoms with Gasteiger partial charge in [0.05, 0.1) is 22.5 Å². The van der Waals surface area contributed by atoms with E-state index in [1.54, 1.807) is 6.26 Å². The van der Waals surface area contributed by atoms with Crippen LogP contribution in [0.3, 0.4) is 0 Å². The van der Waals surface area contributed by atoms with Gasteiger partial charge in [-0.05, 0) is 42.7 Å². The third-order valence-corrected chi connectivity index (χ3v) is 5.08. The van der Waals surface area contributed by atoms with Gasteiger partial charge in [0.2, 0.25) is 0 Å². The Morgan fingerprint density at radius 2 is 1.87 bits per heavy atom. The summed E-state index contributed by atoms with van der Waals surface area (Å²) >= 11 is 1.34. The highest BCUT2D eigenvalue weighted by molar-refractivity contribution is 8.03. The van der Waals surface area contributed by atoms with E-state index in [9.17, 15) is 9.59 Å². The SMILES string of the molecule is Cc1ccc(C2=C(SCc3ccco3)C(=O)N(C)C2=O)cc1C. The summed E-state index contributed by atoms with van der Waals surface area (Å²) in [6.45, 7) is 4.02. The van der Waals surface area contributed by atoms with Gasteiger partial charge in [-0.3, -0.25) is 14.5 Å². The average molecular weight is 327 g/mol. The molecule has 23 heavy (non-hydrogen) atoms. The van der Waals surface area contributed by atoms with Crippen molar-refractivity contribution >= 4 is 29.1 Å². The quantitative estimate of drug-likeness (QED) is 0.806. The average Bonchev–Trinajstić information content (AvgIpc) is 3.12. The first-order valence-corrected chi connectivity index (χ1v) is 8.27. The predicted octanol–water partition coefficient (Wildman–Crippen LogP) is 3.54. The molecule has 0 aliphatic carbocycles. The van der Waals surface area contributed by atoms with Crippen LogP contribution in [0.5, 0.6) is 0 Å². The highest BCUT2D eigenvalue weighted by Crippen LogP contribution is 2.37. The predicted molar refractivity (Wildman–Crippen MR) is 90.6 cm³/mol. The van der Waals surface area contributed by atoms with E-state index in [2.05, 4.69) is 0 Å². The van der Waals surface area contributed by atoms with Crippen LogP contribution in [-0.2, 0) is 15.3 Å². The van der Waals surface area contributed by atoms with Crippen molar-refractivity contribution < 1.29 is 14.0 Å². The Labute approximate surface area is 139 Å². The van der Waals surface area contributed by atoms with Gasteiger partial charge in [-0.1, -0.05) is 18.2 Å². The number of thioether (sulfide) groups is 1. The van der Waals surface area contributed by atoms with Crippen LogP contribution in [0.15, 0.2) is 45.9 Å². The van der Waals surface area contributed by atoms with E-state index in [1.165, 1.54) is 23.7 Å². The molecule has 118 valence electrons. The van der Waals surface area contributed by atoms with Crippen LogP contribution in [-0.4, -0.2) is 23.8 Å². The Bertz CT molecular complexity index is 806. The molecule has 2 heterocycles. The molecule has 0 atom stereocenters. The van der Waals surface area contributed by atoms with E-state index in [1.807, 2.05) is 44.2 Å². The number of amides is 2. The lowest BCUT2D eigenvalue weighted by atomic mass is 10.0. The molecule has 3 rings (SSSR count). The fourth-order valence-corrected chi connectivity index (χ4v) is 3.50. The van der Waals surface area contributed by atoms with E-state index in [0.717, 1.165) is 22.5 Å². The van der Waals surface area contributed by atoms with Gasteiger partial charge in [0.1, 0.15) is 5.76 Å². The normalized spacial score (nSPS) is 15.0. The molecule has 0 bridgehead atoms. The van der Waals surface area contributed by atoms with Gasteiger partial charge in [0.15, 0.2) is 0 Å². The molecular formula is C18H17NO3S. The summed E-state index contributed by atoms with van der Waals surface area (Å²) < 4.78 is 5.30. The molecule has 1 aromatic carbocycles. The molecule has 0 radical (unpaired) electrons. The summed E-state index contributed by atoms with van der Waals surface area (Å²) in [6.07, 6.45) is 1.60. The molecule has 0 N–H and O–H groups in total. The maximum absolute atomic E-state index is 12.5. The van der Waals surface area contributed by atoms with E-state index in [-0.39, 0.29) is 11.8 Å². The largest absolute Gasteiger partial charge is 0.468 e. The van der Waals surface area contributed by atoms with Gasteiger partial charge in [0, 0.05) is 7.05 Å². The topological polar surface area (TPSA) is 50.5 Å². The van der Waals surface area contributed by atoms with Gasteiger partial charge in [-0.15, -0.1) is 11.8 Å². The van der Waals surface area contributed by atoms with Gasteiger partial charge >= 0.3 is 0 Å². The number of furan rings is 1. The van der Waals surface area contributed by atoms with Crippen LogP contribution in [0.25, 0.3) is 5.57 Å². The van der Waals surface area contributed by atoms with Crippen LogP contribution >= 0.6 is 11.8 Å². The summed E-state index contributed by atoms with van der Waals surface area (Å²) in [7, 11) is 1.52. The molecular weight excluding hydrogens is 310 g/mol. The summed E-state index contributed by atoms with van der Waals surface area (Å²) in [5.74, 6) is 0.792. The Kier molecular flexibility index (Phi) is 4.13. The molecule has 0 unspecified atom stereocenters. The number of carbonyl (C=O) groups excluding carboxylic acids is 2. The zero-order chi connectivity index (χ0) is 16.6. The van der Waals surface area contributed by atoms with Crippen LogP contribution < -0.4 is 0 Å². The van der Waals surface area contributed by atoms with Gasteiger partial charge in [0.25, 0.3) is 11.8 Å². The summed E-state index contributed by atoms with van der Waals surface area (Å²) in [4.78, 5) is 26.6. The molecule has 5 heteroatoms. The molecule has 0 saturated carbocycles. The molecule has 0 spiro atoms. The van der Waals surface area contributed by atoms with E-state index < -0.39 is 0 Å². The van der Waals surface area contributed by atoms with Crippen molar-refractivity contribution in [3.8, 4) is 0 Å². The van der Waals surface area contributed by atoms with Crippen LogP contribution in [0.2, 0.25) is 0 Å². The zero-order valence-corrected chi connectivity index (χ0v) is 14.1. The number of imide groups is 1. The molecule has 4 nitrogen and oxygen atoms in total. The lowest BCUT2D eigenvalue weighted by Gasteiger charge is -2.08.